The first-order valence-corrected chi connectivity index (χ1v) is 10.1. The smallest absolute Gasteiger partial charge is 0.287 e. The van der Waals surface area contributed by atoms with Crippen LogP contribution in [0.2, 0.25) is 0 Å². The molecule has 154 valence electrons. The van der Waals surface area contributed by atoms with Crippen LogP contribution in [0.25, 0.3) is 0 Å². The average molecular weight is 396 g/mol. The molecule has 2 aromatic rings. The number of pyridine rings is 1. The summed E-state index contributed by atoms with van der Waals surface area (Å²) in [4.78, 5) is 31.7. The number of nitro groups is 1. The summed E-state index contributed by atoms with van der Waals surface area (Å²) in [6.07, 6.45) is 2.31. The van der Waals surface area contributed by atoms with Gasteiger partial charge in [0, 0.05) is 37.8 Å². The summed E-state index contributed by atoms with van der Waals surface area (Å²) in [6, 6.07) is 11.0. The van der Waals surface area contributed by atoms with Crippen LogP contribution in [-0.4, -0.2) is 52.8 Å². The summed E-state index contributed by atoms with van der Waals surface area (Å²) in [7, 11) is 0. The van der Waals surface area contributed by atoms with E-state index in [1.54, 1.807) is 6.07 Å². The third kappa shape index (κ3) is 5.17. The number of anilines is 1. The van der Waals surface area contributed by atoms with Crippen LogP contribution in [0.15, 0.2) is 42.6 Å². The fraction of sp³-hybridized carbons (Fsp3) is 0.455. The Balaban J connectivity index is 1.57. The number of benzene rings is 1. The highest BCUT2D eigenvalue weighted by molar-refractivity contribution is 5.99. The minimum absolute atomic E-state index is 0.00832. The Kier molecular flexibility index (Phi) is 6.59. The second kappa shape index (κ2) is 9.13. The number of hydrogen-bond acceptors (Lipinski definition) is 6. The number of piperazine rings is 1. The van der Waals surface area contributed by atoms with E-state index < -0.39 is 4.92 Å². The first-order chi connectivity index (χ1) is 13.8. The molecule has 0 amide bonds. The number of carbonyl (C=O) groups excluding carboxylic acids is 1. The molecule has 2 heterocycles. The number of ketones is 1. The van der Waals surface area contributed by atoms with Gasteiger partial charge in [0.25, 0.3) is 5.69 Å². The van der Waals surface area contributed by atoms with Crippen molar-refractivity contribution in [2.45, 2.75) is 33.2 Å². The largest absolute Gasteiger partial charge is 0.354 e. The zero-order valence-electron chi connectivity index (χ0n) is 17.2. The minimum atomic E-state index is -0.447. The van der Waals surface area contributed by atoms with Gasteiger partial charge >= 0.3 is 0 Å². The van der Waals surface area contributed by atoms with E-state index in [0.717, 1.165) is 44.0 Å². The van der Waals surface area contributed by atoms with Gasteiger partial charge in [0.05, 0.1) is 11.0 Å². The molecule has 7 nitrogen and oxygen atoms in total. The quantitative estimate of drug-likeness (QED) is 0.404. The highest BCUT2D eigenvalue weighted by Crippen LogP contribution is 2.19. The number of rotatable bonds is 7. The van der Waals surface area contributed by atoms with Crippen LogP contribution >= 0.6 is 0 Å². The van der Waals surface area contributed by atoms with Gasteiger partial charge in [-0.3, -0.25) is 19.8 Å². The highest BCUT2D eigenvalue weighted by Gasteiger charge is 2.27. The Hall–Kier alpha value is -2.80. The van der Waals surface area contributed by atoms with Crippen molar-refractivity contribution in [2.75, 3.05) is 31.1 Å². The summed E-state index contributed by atoms with van der Waals surface area (Å²) in [5.74, 6) is 1.47. The zero-order valence-corrected chi connectivity index (χ0v) is 17.2. The predicted octanol–water partition coefficient (Wildman–Crippen LogP) is 3.58. The SMILES string of the molecule is CC(C)Cc1ccc(C(=O)[C@@H](C)N2CCN(c3ccc([N+](=O)[O-])cn3)CC2)cc1. The molecule has 1 atom stereocenters. The maximum Gasteiger partial charge on any atom is 0.287 e. The monoisotopic (exact) mass is 396 g/mol. The summed E-state index contributed by atoms with van der Waals surface area (Å²) < 4.78 is 0. The van der Waals surface area contributed by atoms with Gasteiger partial charge in [-0.1, -0.05) is 38.1 Å². The lowest BCUT2D eigenvalue weighted by atomic mass is 9.98. The van der Waals surface area contributed by atoms with E-state index in [9.17, 15) is 14.9 Å². The number of Topliss-reactive ketones (excluding diaryl/α,β-unsaturated/α-hetero) is 1. The number of carbonyl (C=O) groups is 1. The first-order valence-electron chi connectivity index (χ1n) is 10.1. The lowest BCUT2D eigenvalue weighted by Gasteiger charge is -2.38. The molecule has 3 rings (SSSR count). The van der Waals surface area contributed by atoms with Gasteiger partial charge in [-0.15, -0.1) is 0 Å². The second-order valence-corrected chi connectivity index (χ2v) is 7.99. The Labute approximate surface area is 171 Å². The standard InChI is InChI=1S/C22H28N4O3/c1-16(2)14-18-4-6-19(7-5-18)22(27)17(3)24-10-12-25(13-11-24)21-9-8-20(15-23-21)26(28)29/h4-9,15-17H,10-14H2,1-3H3/t17-/m1/s1. The molecule has 0 aliphatic carbocycles. The number of hydrogen-bond donors (Lipinski definition) is 0. The third-order valence-corrected chi connectivity index (χ3v) is 5.39. The lowest BCUT2D eigenvalue weighted by molar-refractivity contribution is -0.385. The van der Waals surface area contributed by atoms with Crippen LogP contribution in [-0.2, 0) is 6.42 Å². The predicted molar refractivity (Wildman–Crippen MR) is 113 cm³/mol. The van der Waals surface area contributed by atoms with Crippen molar-refractivity contribution in [3.63, 3.8) is 0 Å². The van der Waals surface area contributed by atoms with Crippen LogP contribution in [0.4, 0.5) is 11.5 Å². The van der Waals surface area contributed by atoms with Crippen molar-refractivity contribution in [1.29, 1.82) is 0 Å². The van der Waals surface area contributed by atoms with Crippen LogP contribution in [0, 0.1) is 16.0 Å². The fourth-order valence-electron chi connectivity index (χ4n) is 3.70. The minimum Gasteiger partial charge on any atom is -0.354 e. The van der Waals surface area contributed by atoms with Gasteiger partial charge in [-0.25, -0.2) is 4.98 Å². The van der Waals surface area contributed by atoms with Gasteiger partial charge in [-0.05, 0) is 30.9 Å². The van der Waals surface area contributed by atoms with Gasteiger partial charge in [0.15, 0.2) is 5.78 Å². The van der Waals surface area contributed by atoms with E-state index in [1.807, 2.05) is 19.1 Å². The van der Waals surface area contributed by atoms with E-state index >= 15 is 0 Å². The Morgan fingerprint density at radius 1 is 1.07 bits per heavy atom. The van der Waals surface area contributed by atoms with Crippen LogP contribution in [0.5, 0.6) is 0 Å². The second-order valence-electron chi connectivity index (χ2n) is 7.99. The van der Waals surface area contributed by atoms with Crippen molar-refractivity contribution < 1.29 is 9.72 Å². The molecule has 7 heteroatoms. The maximum atomic E-state index is 12.9. The van der Waals surface area contributed by atoms with Crippen molar-refractivity contribution in [1.82, 2.24) is 9.88 Å². The molecule has 1 fully saturated rings. The van der Waals surface area contributed by atoms with Gasteiger partial charge in [-0.2, -0.15) is 0 Å². The van der Waals surface area contributed by atoms with Crippen LogP contribution < -0.4 is 4.90 Å². The molecule has 1 aliphatic heterocycles. The van der Waals surface area contributed by atoms with E-state index in [1.165, 1.54) is 17.8 Å². The normalized spacial score (nSPS) is 16.1. The molecular weight excluding hydrogens is 368 g/mol. The summed E-state index contributed by atoms with van der Waals surface area (Å²) >= 11 is 0. The van der Waals surface area contributed by atoms with Crippen LogP contribution in [0.1, 0.15) is 36.7 Å². The number of aromatic nitrogens is 1. The molecule has 1 aromatic heterocycles. The molecule has 0 radical (unpaired) electrons. The Morgan fingerprint density at radius 2 is 1.72 bits per heavy atom. The van der Waals surface area contributed by atoms with E-state index in [-0.39, 0.29) is 17.5 Å². The van der Waals surface area contributed by atoms with E-state index in [0.29, 0.717) is 5.92 Å². The zero-order chi connectivity index (χ0) is 21.0. The van der Waals surface area contributed by atoms with E-state index in [2.05, 4.69) is 40.8 Å². The van der Waals surface area contributed by atoms with Crippen molar-refractivity contribution in [3.05, 3.63) is 63.8 Å². The van der Waals surface area contributed by atoms with Crippen molar-refractivity contribution >= 4 is 17.3 Å². The van der Waals surface area contributed by atoms with Crippen molar-refractivity contribution in [2.24, 2.45) is 5.92 Å². The highest BCUT2D eigenvalue weighted by atomic mass is 16.6. The first kappa shape index (κ1) is 20.9. The van der Waals surface area contributed by atoms with Crippen molar-refractivity contribution in [3.8, 4) is 0 Å². The molecule has 0 saturated carbocycles. The molecule has 1 saturated heterocycles. The third-order valence-electron chi connectivity index (χ3n) is 5.39. The van der Waals surface area contributed by atoms with Gasteiger partial charge in [0.1, 0.15) is 12.0 Å². The molecule has 0 bridgehead atoms. The van der Waals surface area contributed by atoms with Gasteiger partial charge < -0.3 is 4.90 Å². The topological polar surface area (TPSA) is 79.6 Å². The molecule has 0 N–H and O–H groups in total. The molecule has 0 spiro atoms. The molecule has 1 aromatic carbocycles. The van der Waals surface area contributed by atoms with Gasteiger partial charge in [0.2, 0.25) is 0 Å². The lowest BCUT2D eigenvalue weighted by Crippen LogP contribution is -2.52. The van der Waals surface area contributed by atoms with Crippen LogP contribution in [0.3, 0.4) is 0 Å². The number of nitrogens with zero attached hydrogens (tertiary/aromatic N) is 4. The fourth-order valence-corrected chi connectivity index (χ4v) is 3.70. The molecular formula is C22H28N4O3. The maximum absolute atomic E-state index is 12.9. The Morgan fingerprint density at radius 3 is 2.24 bits per heavy atom. The Bertz CT molecular complexity index is 841. The molecule has 29 heavy (non-hydrogen) atoms. The average Bonchev–Trinajstić information content (AvgIpc) is 2.73. The molecule has 0 unspecified atom stereocenters. The van der Waals surface area contributed by atoms with E-state index in [4.69, 9.17) is 0 Å². The summed E-state index contributed by atoms with van der Waals surface area (Å²) in [6.45, 7) is 9.30. The molecule has 1 aliphatic rings. The summed E-state index contributed by atoms with van der Waals surface area (Å²) in [5, 5.41) is 10.8. The summed E-state index contributed by atoms with van der Waals surface area (Å²) in [5.41, 5.74) is 2.00.